The molecule has 1 rings (SSSR count). The Morgan fingerprint density at radius 1 is 1.50 bits per heavy atom. The van der Waals surface area contributed by atoms with Gasteiger partial charge in [-0.25, -0.2) is 0 Å². The van der Waals surface area contributed by atoms with Gasteiger partial charge < -0.3 is 9.84 Å². The van der Waals surface area contributed by atoms with Crippen LogP contribution < -0.4 is 0 Å². The van der Waals surface area contributed by atoms with Crippen molar-refractivity contribution in [3.05, 3.63) is 0 Å². The van der Waals surface area contributed by atoms with Gasteiger partial charge in [-0.2, -0.15) is 0 Å². The van der Waals surface area contributed by atoms with E-state index in [2.05, 4.69) is 18.6 Å². The van der Waals surface area contributed by atoms with E-state index in [0.717, 1.165) is 6.42 Å². The summed E-state index contributed by atoms with van der Waals surface area (Å²) in [6, 6.07) is 0. The molecule has 0 unspecified atom stereocenters. The van der Waals surface area contributed by atoms with Crippen molar-refractivity contribution in [3.8, 4) is 0 Å². The Labute approximate surface area is 72.7 Å². The number of aliphatic hydroxyl groups excluding tert-OH is 1. The number of esters is 1. The molecule has 0 aromatic rings. The van der Waals surface area contributed by atoms with Crippen LogP contribution in [0.25, 0.3) is 0 Å². The van der Waals surface area contributed by atoms with Gasteiger partial charge in [-0.1, -0.05) is 13.8 Å². The Hall–Kier alpha value is -0.570. The molecule has 3 nitrogen and oxygen atoms in total. The second kappa shape index (κ2) is 3.05. The highest BCUT2D eigenvalue weighted by Gasteiger charge is 2.42. The largest absolute Gasteiger partial charge is 0.469 e. The molecule has 1 saturated carbocycles. The first kappa shape index (κ1) is 9.52. The molecule has 0 aliphatic heterocycles. The van der Waals surface area contributed by atoms with Crippen LogP contribution in [0.1, 0.15) is 26.7 Å². The van der Waals surface area contributed by atoms with Crippen molar-refractivity contribution in [3.63, 3.8) is 0 Å². The molecule has 0 aromatic carbocycles. The molecule has 70 valence electrons. The van der Waals surface area contributed by atoms with Gasteiger partial charge in [0.15, 0.2) is 0 Å². The van der Waals surface area contributed by atoms with E-state index in [-0.39, 0.29) is 17.3 Å². The third kappa shape index (κ3) is 1.78. The lowest BCUT2D eigenvalue weighted by Gasteiger charge is -2.15. The molecule has 1 aliphatic carbocycles. The molecule has 0 bridgehead atoms. The Bertz CT molecular complexity index is 186. The van der Waals surface area contributed by atoms with Crippen LogP contribution in [0, 0.1) is 11.3 Å². The van der Waals surface area contributed by atoms with E-state index in [0.29, 0.717) is 6.42 Å². The number of carbonyl (C=O) groups excluding carboxylic acids is 1. The van der Waals surface area contributed by atoms with E-state index in [1.165, 1.54) is 7.11 Å². The normalized spacial score (nSPS) is 33.3. The first-order valence-corrected chi connectivity index (χ1v) is 4.22. The van der Waals surface area contributed by atoms with Gasteiger partial charge in [-0.05, 0) is 18.3 Å². The van der Waals surface area contributed by atoms with Gasteiger partial charge in [0, 0.05) is 0 Å². The molecule has 0 radical (unpaired) electrons. The number of aliphatic hydroxyl groups is 1. The monoisotopic (exact) mass is 172 g/mol. The molecule has 0 amide bonds. The van der Waals surface area contributed by atoms with Gasteiger partial charge in [-0.3, -0.25) is 4.79 Å². The number of methoxy groups -OCH3 is 1. The summed E-state index contributed by atoms with van der Waals surface area (Å²) in [7, 11) is 1.36. The zero-order valence-electron chi connectivity index (χ0n) is 7.83. The Morgan fingerprint density at radius 2 is 2.08 bits per heavy atom. The fourth-order valence-corrected chi connectivity index (χ4v) is 1.91. The molecule has 0 spiro atoms. The second-order valence-electron chi connectivity index (χ2n) is 4.27. The molecule has 1 fully saturated rings. The SMILES string of the molecule is COC(=O)[C@@H]1CC(C)(C)C[C@@H]1O. The number of carbonyl (C=O) groups is 1. The second-order valence-corrected chi connectivity index (χ2v) is 4.27. The zero-order valence-corrected chi connectivity index (χ0v) is 7.83. The number of hydrogen-bond donors (Lipinski definition) is 1. The predicted octanol–water partition coefficient (Wildman–Crippen LogP) is 0.956. The molecule has 1 N–H and O–H groups in total. The van der Waals surface area contributed by atoms with Gasteiger partial charge in [-0.15, -0.1) is 0 Å². The smallest absolute Gasteiger partial charge is 0.311 e. The van der Waals surface area contributed by atoms with Crippen LogP contribution in [-0.4, -0.2) is 24.3 Å². The fourth-order valence-electron chi connectivity index (χ4n) is 1.91. The highest BCUT2D eigenvalue weighted by Crippen LogP contribution is 2.41. The lowest BCUT2D eigenvalue weighted by Crippen LogP contribution is -2.23. The highest BCUT2D eigenvalue weighted by atomic mass is 16.5. The quantitative estimate of drug-likeness (QED) is 0.599. The van der Waals surface area contributed by atoms with E-state index < -0.39 is 6.10 Å². The summed E-state index contributed by atoms with van der Waals surface area (Å²) in [6.07, 6.45) is 0.889. The average Bonchev–Trinajstić information content (AvgIpc) is 2.23. The van der Waals surface area contributed by atoms with Gasteiger partial charge in [0.2, 0.25) is 0 Å². The molecule has 3 heteroatoms. The molecule has 1 aliphatic rings. The van der Waals surface area contributed by atoms with Crippen molar-refractivity contribution in [1.29, 1.82) is 0 Å². The molecule has 0 heterocycles. The van der Waals surface area contributed by atoms with Crippen LogP contribution in [0.4, 0.5) is 0 Å². The standard InChI is InChI=1S/C9H16O3/c1-9(2)4-6(7(10)5-9)8(11)12-3/h6-7,10H,4-5H2,1-3H3/t6-,7+/m1/s1. The molecule has 0 aromatic heterocycles. The number of rotatable bonds is 1. The number of ether oxygens (including phenoxy) is 1. The molecule has 12 heavy (non-hydrogen) atoms. The van der Waals surface area contributed by atoms with Crippen molar-refractivity contribution in [2.45, 2.75) is 32.8 Å². The fraction of sp³-hybridized carbons (Fsp3) is 0.889. The van der Waals surface area contributed by atoms with Gasteiger partial charge in [0.05, 0.1) is 19.1 Å². The van der Waals surface area contributed by atoms with Crippen molar-refractivity contribution in [2.24, 2.45) is 11.3 Å². The van der Waals surface area contributed by atoms with E-state index in [4.69, 9.17) is 0 Å². The van der Waals surface area contributed by atoms with Gasteiger partial charge >= 0.3 is 5.97 Å². The lowest BCUT2D eigenvalue weighted by atomic mass is 9.91. The summed E-state index contributed by atoms with van der Waals surface area (Å²) in [5.41, 5.74) is 0.0677. The maximum atomic E-state index is 11.1. The topological polar surface area (TPSA) is 46.5 Å². The minimum Gasteiger partial charge on any atom is -0.469 e. The van der Waals surface area contributed by atoms with Crippen molar-refractivity contribution < 1.29 is 14.6 Å². The van der Waals surface area contributed by atoms with E-state index >= 15 is 0 Å². The van der Waals surface area contributed by atoms with Crippen LogP contribution in [0.15, 0.2) is 0 Å². The Kier molecular flexibility index (Phi) is 2.42. The molecule has 0 saturated heterocycles. The Morgan fingerprint density at radius 3 is 2.42 bits per heavy atom. The van der Waals surface area contributed by atoms with Crippen molar-refractivity contribution in [1.82, 2.24) is 0 Å². The third-order valence-corrected chi connectivity index (χ3v) is 2.50. The van der Waals surface area contributed by atoms with E-state index in [1.807, 2.05) is 0 Å². The third-order valence-electron chi connectivity index (χ3n) is 2.50. The van der Waals surface area contributed by atoms with Crippen LogP contribution in [0.2, 0.25) is 0 Å². The lowest BCUT2D eigenvalue weighted by molar-refractivity contribution is -0.148. The van der Waals surface area contributed by atoms with Crippen LogP contribution >= 0.6 is 0 Å². The van der Waals surface area contributed by atoms with Gasteiger partial charge in [0.25, 0.3) is 0 Å². The Balaban J connectivity index is 2.64. The van der Waals surface area contributed by atoms with Crippen LogP contribution in [0.3, 0.4) is 0 Å². The van der Waals surface area contributed by atoms with Crippen molar-refractivity contribution in [2.75, 3.05) is 7.11 Å². The summed E-state index contributed by atoms with van der Waals surface area (Å²) < 4.78 is 4.60. The average molecular weight is 172 g/mol. The minimum absolute atomic E-state index is 0.0677. The molecular formula is C9H16O3. The first-order valence-electron chi connectivity index (χ1n) is 4.22. The van der Waals surface area contributed by atoms with Gasteiger partial charge in [0.1, 0.15) is 0 Å². The zero-order chi connectivity index (χ0) is 9.35. The summed E-state index contributed by atoms with van der Waals surface area (Å²) in [4.78, 5) is 11.1. The van der Waals surface area contributed by atoms with Crippen LogP contribution in [-0.2, 0) is 9.53 Å². The van der Waals surface area contributed by atoms with E-state index in [9.17, 15) is 9.90 Å². The summed E-state index contributed by atoms with van der Waals surface area (Å²) >= 11 is 0. The predicted molar refractivity (Wildman–Crippen MR) is 44.5 cm³/mol. The minimum atomic E-state index is -0.521. The molecule has 2 atom stereocenters. The van der Waals surface area contributed by atoms with Crippen LogP contribution in [0.5, 0.6) is 0 Å². The number of hydrogen-bond acceptors (Lipinski definition) is 3. The van der Waals surface area contributed by atoms with E-state index in [1.54, 1.807) is 0 Å². The molecular weight excluding hydrogens is 156 g/mol. The van der Waals surface area contributed by atoms with Crippen molar-refractivity contribution >= 4 is 5.97 Å². The maximum Gasteiger partial charge on any atom is 0.311 e. The maximum absolute atomic E-state index is 11.1. The summed E-state index contributed by atoms with van der Waals surface area (Å²) in [6.45, 7) is 4.11. The summed E-state index contributed by atoms with van der Waals surface area (Å²) in [5, 5.41) is 9.53. The first-order chi connectivity index (χ1) is 5.46. The summed E-state index contributed by atoms with van der Waals surface area (Å²) in [5.74, 6) is -0.599. The highest BCUT2D eigenvalue weighted by molar-refractivity contribution is 5.73.